The molecular weight excluding hydrogens is 220 g/mol. The third-order valence-corrected chi connectivity index (χ3v) is 4.19. The van der Waals surface area contributed by atoms with E-state index < -0.39 is 0 Å². The molecule has 2 unspecified atom stereocenters. The van der Waals surface area contributed by atoms with Crippen molar-refractivity contribution in [3.05, 3.63) is 35.9 Å². The van der Waals surface area contributed by atoms with Crippen molar-refractivity contribution in [2.24, 2.45) is 5.92 Å². The highest BCUT2D eigenvalue weighted by atomic mass is 15.2. The predicted molar refractivity (Wildman–Crippen MR) is 75.4 cm³/mol. The van der Waals surface area contributed by atoms with Crippen molar-refractivity contribution in [1.82, 2.24) is 10.2 Å². The molecule has 1 aromatic carbocycles. The summed E-state index contributed by atoms with van der Waals surface area (Å²) in [5, 5.41) is 3.74. The van der Waals surface area contributed by atoms with Gasteiger partial charge in [0.1, 0.15) is 0 Å². The summed E-state index contributed by atoms with van der Waals surface area (Å²) in [7, 11) is 0. The number of rotatable bonds is 4. The maximum atomic E-state index is 3.74. The van der Waals surface area contributed by atoms with Crippen molar-refractivity contribution < 1.29 is 0 Å². The highest BCUT2D eigenvalue weighted by Gasteiger charge is 2.34. The normalized spacial score (nSPS) is 29.4. The second kappa shape index (κ2) is 5.41. The molecule has 2 aliphatic rings. The Morgan fingerprint density at radius 2 is 1.94 bits per heavy atom. The van der Waals surface area contributed by atoms with Gasteiger partial charge in [-0.05, 0) is 30.7 Å². The van der Waals surface area contributed by atoms with Crippen molar-refractivity contribution in [2.45, 2.75) is 44.8 Å². The average molecular weight is 244 g/mol. The average Bonchev–Trinajstić information content (AvgIpc) is 3.21. The first-order valence-corrected chi connectivity index (χ1v) is 7.32. The first kappa shape index (κ1) is 12.2. The Labute approximate surface area is 110 Å². The van der Waals surface area contributed by atoms with Crippen LogP contribution in [-0.2, 0) is 6.54 Å². The molecule has 2 nitrogen and oxygen atoms in total. The van der Waals surface area contributed by atoms with Crippen LogP contribution >= 0.6 is 0 Å². The zero-order valence-electron chi connectivity index (χ0n) is 11.3. The van der Waals surface area contributed by atoms with Gasteiger partial charge in [-0.2, -0.15) is 0 Å². The maximum absolute atomic E-state index is 3.74. The van der Waals surface area contributed by atoms with Gasteiger partial charge in [-0.1, -0.05) is 37.3 Å². The fraction of sp³-hybridized carbons (Fsp3) is 0.625. The number of hydrogen-bond donors (Lipinski definition) is 1. The summed E-state index contributed by atoms with van der Waals surface area (Å²) < 4.78 is 0. The molecule has 98 valence electrons. The minimum absolute atomic E-state index is 0.676. The van der Waals surface area contributed by atoms with E-state index in [-0.39, 0.29) is 0 Å². The highest BCUT2D eigenvalue weighted by molar-refractivity contribution is 5.14. The topological polar surface area (TPSA) is 15.3 Å². The lowest BCUT2D eigenvalue weighted by molar-refractivity contribution is 0.141. The van der Waals surface area contributed by atoms with Crippen molar-refractivity contribution in [3.63, 3.8) is 0 Å². The lowest BCUT2D eigenvalue weighted by Gasteiger charge is -2.37. The van der Waals surface area contributed by atoms with Gasteiger partial charge < -0.3 is 5.32 Å². The molecule has 1 saturated heterocycles. The number of nitrogens with zero attached hydrogens (tertiary/aromatic N) is 1. The number of nitrogens with one attached hydrogen (secondary N) is 1. The first-order valence-electron chi connectivity index (χ1n) is 7.32. The van der Waals surface area contributed by atoms with E-state index in [1.54, 1.807) is 0 Å². The van der Waals surface area contributed by atoms with E-state index in [4.69, 9.17) is 0 Å². The smallest absolute Gasteiger partial charge is 0.0208 e. The van der Waals surface area contributed by atoms with Crippen LogP contribution in [0.15, 0.2) is 30.3 Å². The minimum atomic E-state index is 0.676. The van der Waals surface area contributed by atoms with Crippen LogP contribution in [0.3, 0.4) is 0 Å². The van der Waals surface area contributed by atoms with Crippen LogP contribution in [-0.4, -0.2) is 30.1 Å². The fourth-order valence-electron chi connectivity index (χ4n) is 3.14. The van der Waals surface area contributed by atoms with Crippen LogP contribution in [0.1, 0.15) is 31.7 Å². The monoisotopic (exact) mass is 244 g/mol. The summed E-state index contributed by atoms with van der Waals surface area (Å²) in [6, 6.07) is 12.3. The Kier molecular flexibility index (Phi) is 3.67. The molecule has 1 N–H and O–H groups in total. The van der Waals surface area contributed by atoms with Crippen LogP contribution in [0.2, 0.25) is 0 Å². The Hall–Kier alpha value is -0.860. The Morgan fingerprint density at radius 3 is 2.67 bits per heavy atom. The van der Waals surface area contributed by atoms with E-state index in [1.807, 2.05) is 0 Å². The molecule has 1 aliphatic heterocycles. The molecule has 0 bridgehead atoms. The van der Waals surface area contributed by atoms with Crippen molar-refractivity contribution >= 4 is 0 Å². The Morgan fingerprint density at radius 1 is 1.17 bits per heavy atom. The van der Waals surface area contributed by atoms with E-state index >= 15 is 0 Å². The van der Waals surface area contributed by atoms with Crippen molar-refractivity contribution in [2.75, 3.05) is 13.1 Å². The van der Waals surface area contributed by atoms with E-state index in [1.165, 1.54) is 37.9 Å². The van der Waals surface area contributed by atoms with E-state index in [0.717, 1.165) is 18.5 Å². The zero-order valence-corrected chi connectivity index (χ0v) is 11.3. The standard InChI is InChI=1S/C16H24N2/c1-13-9-15(12-18(11-13)16-7-8-16)17-10-14-5-3-2-4-6-14/h2-6,13,15-17H,7-12H2,1H3. The van der Waals surface area contributed by atoms with E-state index in [9.17, 15) is 0 Å². The Bertz CT molecular complexity index is 372. The molecule has 0 spiro atoms. The summed E-state index contributed by atoms with van der Waals surface area (Å²) >= 11 is 0. The van der Waals surface area contributed by atoms with Gasteiger partial charge >= 0.3 is 0 Å². The SMILES string of the molecule is CC1CC(NCc2ccccc2)CN(C2CC2)C1. The number of piperidine rings is 1. The zero-order chi connectivity index (χ0) is 12.4. The van der Waals surface area contributed by atoms with Gasteiger partial charge in [-0.25, -0.2) is 0 Å². The number of benzene rings is 1. The second-order valence-corrected chi connectivity index (χ2v) is 6.09. The third kappa shape index (κ3) is 3.12. The lowest BCUT2D eigenvalue weighted by atomic mass is 9.95. The molecule has 18 heavy (non-hydrogen) atoms. The van der Waals surface area contributed by atoms with Crippen molar-refractivity contribution in [3.8, 4) is 0 Å². The molecule has 1 heterocycles. The molecule has 2 fully saturated rings. The highest BCUT2D eigenvalue weighted by Crippen LogP contribution is 2.30. The molecule has 0 aromatic heterocycles. The molecule has 2 heteroatoms. The van der Waals surface area contributed by atoms with Crippen LogP contribution < -0.4 is 5.32 Å². The van der Waals surface area contributed by atoms with Gasteiger partial charge in [-0.3, -0.25) is 4.90 Å². The van der Waals surface area contributed by atoms with Gasteiger partial charge in [-0.15, -0.1) is 0 Å². The minimum Gasteiger partial charge on any atom is -0.309 e. The Balaban J connectivity index is 1.52. The van der Waals surface area contributed by atoms with Crippen LogP contribution in [0.25, 0.3) is 0 Å². The van der Waals surface area contributed by atoms with Gasteiger partial charge in [0, 0.05) is 31.7 Å². The van der Waals surface area contributed by atoms with E-state index in [2.05, 4.69) is 47.5 Å². The predicted octanol–water partition coefficient (Wildman–Crippen LogP) is 2.65. The second-order valence-electron chi connectivity index (χ2n) is 6.09. The number of hydrogen-bond acceptors (Lipinski definition) is 2. The summed E-state index contributed by atoms with van der Waals surface area (Å²) in [5.41, 5.74) is 1.40. The summed E-state index contributed by atoms with van der Waals surface area (Å²) in [6.45, 7) is 5.97. The molecule has 2 atom stereocenters. The van der Waals surface area contributed by atoms with Gasteiger partial charge in [0.25, 0.3) is 0 Å². The third-order valence-electron chi connectivity index (χ3n) is 4.19. The molecule has 3 rings (SSSR count). The summed E-state index contributed by atoms with van der Waals surface area (Å²) in [4.78, 5) is 2.71. The molecule has 0 radical (unpaired) electrons. The molecule has 0 amide bonds. The van der Waals surface area contributed by atoms with Gasteiger partial charge in [0.15, 0.2) is 0 Å². The summed E-state index contributed by atoms with van der Waals surface area (Å²) in [5.74, 6) is 0.840. The van der Waals surface area contributed by atoms with Crippen molar-refractivity contribution in [1.29, 1.82) is 0 Å². The van der Waals surface area contributed by atoms with E-state index in [0.29, 0.717) is 6.04 Å². The van der Waals surface area contributed by atoms with Crippen LogP contribution in [0.4, 0.5) is 0 Å². The van der Waals surface area contributed by atoms with Gasteiger partial charge in [0.2, 0.25) is 0 Å². The molecule has 1 saturated carbocycles. The van der Waals surface area contributed by atoms with Crippen LogP contribution in [0.5, 0.6) is 0 Å². The maximum Gasteiger partial charge on any atom is 0.0208 e. The van der Waals surface area contributed by atoms with Crippen LogP contribution in [0, 0.1) is 5.92 Å². The largest absolute Gasteiger partial charge is 0.309 e. The lowest BCUT2D eigenvalue weighted by Crippen LogP contribution is -2.49. The summed E-state index contributed by atoms with van der Waals surface area (Å²) in [6.07, 6.45) is 4.19. The first-order chi connectivity index (χ1) is 8.81. The quantitative estimate of drug-likeness (QED) is 0.876. The number of likely N-dealkylation sites (tertiary alicyclic amines) is 1. The molecular formula is C16H24N2. The molecule has 1 aromatic rings. The van der Waals surface area contributed by atoms with Gasteiger partial charge in [0.05, 0.1) is 0 Å². The molecule has 1 aliphatic carbocycles. The fourth-order valence-corrected chi connectivity index (χ4v) is 3.14.